The van der Waals surface area contributed by atoms with E-state index in [1.807, 2.05) is 30.3 Å². The van der Waals surface area contributed by atoms with E-state index in [0.717, 1.165) is 44.1 Å². The average molecular weight is 620 g/mol. The van der Waals surface area contributed by atoms with Crippen LogP contribution < -0.4 is 25.4 Å². The van der Waals surface area contributed by atoms with Crippen molar-refractivity contribution in [3.8, 4) is 17.2 Å². The number of phenolic OH excluding ortho intramolecular Hbond substituents is 1. The molecule has 0 spiro atoms. The van der Waals surface area contributed by atoms with Crippen LogP contribution >= 0.6 is 7.92 Å². The molecule has 0 amide bonds. The third-order valence-electron chi connectivity index (χ3n) is 7.40. The van der Waals surface area contributed by atoms with Crippen LogP contribution in [0.2, 0.25) is 0 Å². The van der Waals surface area contributed by atoms with Gasteiger partial charge in [-0.05, 0) is 73.6 Å². The van der Waals surface area contributed by atoms with E-state index in [2.05, 4.69) is 78.3 Å². The third-order valence-corrected chi connectivity index (χ3v) is 10.4. The van der Waals surface area contributed by atoms with Crippen LogP contribution in [0.25, 0.3) is 0 Å². The molecule has 1 N–H and O–H groups in total. The van der Waals surface area contributed by atoms with Gasteiger partial charge in [0.25, 0.3) is 0 Å². The molecule has 3 aromatic carbocycles. The zero-order valence-electron chi connectivity index (χ0n) is 26.5. The van der Waals surface area contributed by atoms with Crippen molar-refractivity contribution in [3.63, 3.8) is 0 Å². The summed E-state index contributed by atoms with van der Waals surface area (Å²) in [6.07, 6.45) is 13.5. The van der Waals surface area contributed by atoms with E-state index in [-0.39, 0.29) is 29.3 Å². The molecule has 0 fully saturated rings. The van der Waals surface area contributed by atoms with Crippen LogP contribution in [0.1, 0.15) is 75.1 Å². The number of ether oxygens (including phenoxy) is 2. The van der Waals surface area contributed by atoms with Gasteiger partial charge in [-0.15, -0.1) is 0 Å². The fourth-order valence-corrected chi connectivity index (χ4v) is 8.54. The Balaban J connectivity index is 0.000000726. The molecule has 1 aliphatic rings. The van der Waals surface area contributed by atoms with E-state index in [1.54, 1.807) is 14.2 Å². The zero-order valence-corrected chi connectivity index (χ0v) is 28.5. The number of rotatable bonds is 5. The Kier molecular flexibility index (Phi) is 15.1. The number of hydrogen-bond acceptors (Lipinski definition) is 3. The summed E-state index contributed by atoms with van der Waals surface area (Å²) in [5.41, 5.74) is 4.30. The van der Waals surface area contributed by atoms with Crippen LogP contribution in [-0.4, -0.2) is 19.3 Å². The monoisotopic (exact) mass is 619 g/mol. The van der Waals surface area contributed by atoms with Crippen LogP contribution in [0.3, 0.4) is 0 Å². The molecule has 0 saturated carbocycles. The van der Waals surface area contributed by atoms with Gasteiger partial charge in [0.05, 0.1) is 14.2 Å². The fraction of sp³-hybridized carbons (Fsp3) is 0.389. The summed E-state index contributed by atoms with van der Waals surface area (Å²) in [6.45, 7) is 12.8. The molecular weight excluding hydrogens is 570 g/mol. The van der Waals surface area contributed by atoms with Crippen LogP contribution in [0.4, 0.5) is 0 Å². The van der Waals surface area contributed by atoms with E-state index < -0.39 is 7.92 Å². The number of allylic oxidation sites excluding steroid dienone is 2. The first-order chi connectivity index (χ1) is 18.6. The first kappa shape index (κ1) is 36.6. The van der Waals surface area contributed by atoms with Crippen molar-refractivity contribution in [2.24, 2.45) is 0 Å². The van der Waals surface area contributed by atoms with Gasteiger partial charge in [-0.3, -0.25) is 0 Å². The van der Waals surface area contributed by atoms with E-state index >= 15 is 0 Å². The van der Waals surface area contributed by atoms with Crippen LogP contribution in [0.5, 0.6) is 17.2 Å². The molecule has 0 bridgehead atoms. The van der Waals surface area contributed by atoms with Crippen molar-refractivity contribution in [2.75, 3.05) is 14.2 Å². The summed E-state index contributed by atoms with van der Waals surface area (Å²) in [4.78, 5) is 0. The van der Waals surface area contributed by atoms with Crippen LogP contribution in [-0.2, 0) is 21.9 Å². The van der Waals surface area contributed by atoms with Gasteiger partial charge >= 0.3 is 0 Å². The summed E-state index contributed by atoms with van der Waals surface area (Å²) in [7, 11) is 1.77. The molecular formula is C36H50NiO3P+. The van der Waals surface area contributed by atoms with Crippen molar-refractivity contribution >= 4 is 23.8 Å². The number of aryl methyl sites for hydroxylation is 2. The zero-order chi connectivity index (χ0) is 28.6. The van der Waals surface area contributed by atoms with Gasteiger partial charge in [-0.1, -0.05) is 70.0 Å². The van der Waals surface area contributed by atoms with Gasteiger partial charge in [0.15, 0.2) is 17.2 Å². The van der Waals surface area contributed by atoms with Crippen LogP contribution in [0.15, 0.2) is 60.7 Å². The largest absolute Gasteiger partial charge is 0.504 e. The Bertz CT molecular complexity index is 1270. The minimum absolute atomic E-state index is 0. The first-order valence-corrected chi connectivity index (χ1v) is 15.6. The minimum atomic E-state index is -1.64. The molecule has 0 heterocycles. The Labute approximate surface area is 261 Å². The number of hydrogen-bond donors (Lipinski definition) is 1. The van der Waals surface area contributed by atoms with E-state index in [9.17, 15) is 5.11 Å². The summed E-state index contributed by atoms with van der Waals surface area (Å²) >= 11 is 0. The predicted octanol–water partition coefficient (Wildman–Crippen LogP) is 8.28. The number of methoxy groups -OCH3 is 2. The van der Waals surface area contributed by atoms with Gasteiger partial charge in [0.1, 0.15) is 23.8 Å². The maximum atomic E-state index is 11.7. The molecule has 0 saturated heterocycles. The summed E-state index contributed by atoms with van der Waals surface area (Å²) < 4.78 is 11.6. The quantitative estimate of drug-likeness (QED) is 0.135. The van der Waals surface area contributed by atoms with Crippen molar-refractivity contribution in [2.45, 2.75) is 79.1 Å². The van der Waals surface area contributed by atoms with Gasteiger partial charge in [0, 0.05) is 29.5 Å². The SMILES string of the molecule is C1=C\CCC[CH-]CC/1.COc1ccccc1[PH+](c1cc(C)c(C)c(C(C)(C)C)c1O)c1c(C)cccc1OC.[CH3+].[Ni]. The van der Waals surface area contributed by atoms with Gasteiger partial charge in [-0.2, -0.15) is 12.8 Å². The van der Waals surface area contributed by atoms with E-state index in [1.165, 1.54) is 37.7 Å². The summed E-state index contributed by atoms with van der Waals surface area (Å²) in [6, 6.07) is 16.4. The third kappa shape index (κ3) is 9.04. The maximum absolute atomic E-state index is 11.7. The van der Waals surface area contributed by atoms with Gasteiger partial charge in [-0.25, -0.2) is 0 Å². The summed E-state index contributed by atoms with van der Waals surface area (Å²) in [5, 5.41) is 14.9. The molecule has 0 aliphatic heterocycles. The summed E-state index contributed by atoms with van der Waals surface area (Å²) in [5.74, 6) is 2.06. The number of para-hydroxylation sites is 1. The van der Waals surface area contributed by atoms with Gasteiger partial charge < -0.3 is 21.0 Å². The molecule has 0 radical (unpaired) electrons. The molecule has 3 nitrogen and oxygen atoms in total. The van der Waals surface area contributed by atoms with Crippen LogP contribution in [0, 0.1) is 34.6 Å². The molecule has 4 rings (SSSR count). The number of phenols is 1. The number of aromatic hydroxyl groups is 1. The van der Waals surface area contributed by atoms with Crippen molar-refractivity contribution in [1.82, 2.24) is 0 Å². The molecule has 1 atom stereocenters. The van der Waals surface area contributed by atoms with Crippen molar-refractivity contribution in [3.05, 3.63) is 96.8 Å². The topological polar surface area (TPSA) is 38.7 Å². The predicted molar refractivity (Wildman–Crippen MR) is 177 cm³/mol. The molecule has 1 unspecified atom stereocenters. The Morgan fingerprint density at radius 1 is 0.805 bits per heavy atom. The van der Waals surface area contributed by atoms with E-state index in [4.69, 9.17) is 9.47 Å². The second-order valence-corrected chi connectivity index (χ2v) is 13.7. The molecule has 5 heteroatoms. The second kappa shape index (κ2) is 16.9. The Morgan fingerprint density at radius 2 is 1.44 bits per heavy atom. The minimum Gasteiger partial charge on any atom is -0.504 e. The van der Waals surface area contributed by atoms with E-state index in [0.29, 0.717) is 5.75 Å². The average Bonchev–Trinajstić information content (AvgIpc) is 2.87. The van der Waals surface area contributed by atoms with Crippen molar-refractivity contribution in [1.29, 1.82) is 0 Å². The van der Waals surface area contributed by atoms with Gasteiger partial charge in [0.2, 0.25) is 0 Å². The fourth-order valence-electron chi connectivity index (χ4n) is 5.38. The molecule has 41 heavy (non-hydrogen) atoms. The van der Waals surface area contributed by atoms with Crippen molar-refractivity contribution < 1.29 is 31.1 Å². The number of benzene rings is 3. The smallest absolute Gasteiger partial charge is 0.162 e. The second-order valence-electron chi connectivity index (χ2n) is 11.3. The molecule has 0 aromatic heterocycles. The Hall–Kier alpha value is -2.41. The first-order valence-electron chi connectivity index (χ1n) is 14.1. The Morgan fingerprint density at radius 3 is 2.10 bits per heavy atom. The molecule has 226 valence electrons. The molecule has 3 aromatic rings. The maximum Gasteiger partial charge on any atom is 0.162 e. The molecule has 1 aliphatic carbocycles. The normalized spacial score (nSPS) is 14.5. The standard InChI is InChI=1S/C27H33O3P.C8H13.CH3.Ni/c1-17-12-11-14-21(30-8)26(17)31(22-15-10-9-13-20(22)29-7)23-16-18(2)19(3)24(25(23)28)27(4,5)6;1-2-4-6-8-7-5-3-1;;/h9-16,28H,1-8H3;1-2,7H,3-6,8H2;1H3;/q;-1;+1;/p+1/b;2-1-;;.